The van der Waals surface area contributed by atoms with Crippen molar-refractivity contribution in [1.82, 2.24) is 4.72 Å². The Bertz CT molecular complexity index is 457. The molecule has 0 heterocycles. The molecule has 1 aromatic rings. The average molecular weight is 288 g/mol. The summed E-state index contributed by atoms with van der Waals surface area (Å²) in [6.07, 6.45) is 0.826. The summed E-state index contributed by atoms with van der Waals surface area (Å²) >= 11 is 1.81. The van der Waals surface area contributed by atoms with Gasteiger partial charge >= 0.3 is 0 Å². The molecule has 6 heteroatoms. The van der Waals surface area contributed by atoms with Crippen LogP contribution in [-0.4, -0.2) is 26.0 Å². The van der Waals surface area contributed by atoms with E-state index >= 15 is 0 Å². The van der Waals surface area contributed by atoms with Gasteiger partial charge in [0.15, 0.2) is 0 Å². The van der Waals surface area contributed by atoms with Gasteiger partial charge in [-0.1, -0.05) is 6.92 Å². The molecule has 0 aliphatic heterocycles. The Kier molecular flexibility index (Phi) is 5.98. The van der Waals surface area contributed by atoms with E-state index in [0.29, 0.717) is 5.69 Å². The second kappa shape index (κ2) is 7.01. The Balaban J connectivity index is 2.61. The molecule has 4 nitrogen and oxygen atoms in total. The fourth-order valence-corrected chi connectivity index (χ4v) is 3.53. The van der Waals surface area contributed by atoms with Crippen molar-refractivity contribution >= 4 is 27.5 Å². The molecule has 0 bridgehead atoms. The minimum atomic E-state index is -3.43. The molecule has 18 heavy (non-hydrogen) atoms. The van der Waals surface area contributed by atoms with Crippen LogP contribution in [0.4, 0.5) is 5.69 Å². The third-order valence-corrected chi connectivity index (χ3v) is 4.98. The highest BCUT2D eigenvalue weighted by atomic mass is 32.2. The Morgan fingerprint density at radius 3 is 2.50 bits per heavy atom. The van der Waals surface area contributed by atoms with E-state index in [9.17, 15) is 8.42 Å². The zero-order valence-corrected chi connectivity index (χ0v) is 12.4. The molecule has 1 rings (SSSR count). The Hall–Kier alpha value is -0.720. The van der Waals surface area contributed by atoms with Gasteiger partial charge in [-0.3, -0.25) is 0 Å². The summed E-state index contributed by atoms with van der Waals surface area (Å²) < 4.78 is 26.7. The van der Waals surface area contributed by atoms with Gasteiger partial charge in [0.2, 0.25) is 10.0 Å². The van der Waals surface area contributed by atoms with Crippen molar-refractivity contribution < 1.29 is 8.42 Å². The number of sulfonamides is 1. The van der Waals surface area contributed by atoms with Crippen molar-refractivity contribution in [3.8, 4) is 0 Å². The highest BCUT2D eigenvalue weighted by Crippen LogP contribution is 2.13. The molecule has 0 spiro atoms. The van der Waals surface area contributed by atoms with Crippen LogP contribution in [0, 0.1) is 0 Å². The first-order chi connectivity index (χ1) is 8.45. The van der Waals surface area contributed by atoms with Crippen molar-refractivity contribution in [1.29, 1.82) is 0 Å². The number of nitrogens with two attached hydrogens (primary N) is 1. The van der Waals surface area contributed by atoms with Crippen molar-refractivity contribution in [3.05, 3.63) is 24.3 Å². The van der Waals surface area contributed by atoms with E-state index in [2.05, 4.69) is 11.6 Å². The maximum absolute atomic E-state index is 12.0. The predicted octanol–water partition coefficient (Wildman–Crippen LogP) is 2.08. The van der Waals surface area contributed by atoms with Crippen LogP contribution in [0.15, 0.2) is 29.2 Å². The summed E-state index contributed by atoms with van der Waals surface area (Å²) in [5, 5.41) is 0. The standard InChI is InChI=1S/C12H20N2O2S2/c1-3-17-9-8-10(2)14-18(15,16)12-6-4-11(13)5-7-12/h4-7,10,14H,3,8-9,13H2,1-2H3. The van der Waals surface area contributed by atoms with E-state index in [1.807, 2.05) is 18.7 Å². The molecule has 0 saturated carbocycles. The van der Waals surface area contributed by atoms with E-state index in [-0.39, 0.29) is 10.9 Å². The maximum Gasteiger partial charge on any atom is 0.240 e. The van der Waals surface area contributed by atoms with E-state index in [0.717, 1.165) is 17.9 Å². The topological polar surface area (TPSA) is 72.2 Å². The predicted molar refractivity (Wildman–Crippen MR) is 78.3 cm³/mol. The van der Waals surface area contributed by atoms with Crippen LogP contribution in [0.1, 0.15) is 20.3 Å². The van der Waals surface area contributed by atoms with Gasteiger partial charge in [0.05, 0.1) is 4.90 Å². The zero-order valence-electron chi connectivity index (χ0n) is 10.7. The quantitative estimate of drug-likeness (QED) is 0.595. The highest BCUT2D eigenvalue weighted by molar-refractivity contribution is 7.99. The van der Waals surface area contributed by atoms with Gasteiger partial charge in [-0.05, 0) is 49.1 Å². The molecule has 0 fully saturated rings. The number of nitrogens with one attached hydrogen (secondary N) is 1. The Morgan fingerprint density at radius 1 is 1.33 bits per heavy atom. The largest absolute Gasteiger partial charge is 0.399 e. The average Bonchev–Trinajstić information content (AvgIpc) is 2.29. The molecular weight excluding hydrogens is 268 g/mol. The lowest BCUT2D eigenvalue weighted by Crippen LogP contribution is -2.33. The maximum atomic E-state index is 12.0. The number of rotatable bonds is 7. The van der Waals surface area contributed by atoms with Gasteiger partial charge in [-0.2, -0.15) is 11.8 Å². The highest BCUT2D eigenvalue weighted by Gasteiger charge is 2.16. The summed E-state index contributed by atoms with van der Waals surface area (Å²) in [7, 11) is -3.43. The minimum absolute atomic E-state index is 0.0633. The monoisotopic (exact) mass is 288 g/mol. The van der Waals surface area contributed by atoms with Gasteiger partial charge in [0.25, 0.3) is 0 Å². The van der Waals surface area contributed by atoms with Crippen molar-refractivity contribution in [2.24, 2.45) is 0 Å². The number of benzene rings is 1. The normalized spacial score (nSPS) is 13.4. The number of nitrogen functional groups attached to an aromatic ring is 1. The molecule has 0 saturated heterocycles. The third kappa shape index (κ3) is 4.88. The van der Waals surface area contributed by atoms with Crippen LogP contribution in [0.5, 0.6) is 0 Å². The summed E-state index contributed by atoms with van der Waals surface area (Å²) in [5.41, 5.74) is 6.09. The first-order valence-electron chi connectivity index (χ1n) is 5.91. The van der Waals surface area contributed by atoms with Gasteiger partial charge in [0.1, 0.15) is 0 Å². The second-order valence-electron chi connectivity index (χ2n) is 4.08. The fourth-order valence-electron chi connectivity index (χ4n) is 1.44. The van der Waals surface area contributed by atoms with Crippen molar-refractivity contribution in [3.63, 3.8) is 0 Å². The summed E-state index contributed by atoms with van der Waals surface area (Å²) in [6, 6.07) is 6.15. The van der Waals surface area contributed by atoms with Crippen LogP contribution in [0.25, 0.3) is 0 Å². The van der Waals surface area contributed by atoms with Gasteiger partial charge in [-0.25, -0.2) is 13.1 Å². The van der Waals surface area contributed by atoms with Crippen molar-refractivity contribution in [2.75, 3.05) is 17.2 Å². The van der Waals surface area contributed by atoms with Gasteiger partial charge < -0.3 is 5.73 Å². The van der Waals surface area contributed by atoms with Crippen molar-refractivity contribution in [2.45, 2.75) is 31.2 Å². The molecule has 0 radical (unpaired) electrons. The molecule has 1 atom stereocenters. The van der Waals surface area contributed by atoms with E-state index < -0.39 is 10.0 Å². The van der Waals surface area contributed by atoms with Crippen LogP contribution < -0.4 is 10.5 Å². The summed E-state index contributed by atoms with van der Waals surface area (Å²) in [5.74, 6) is 2.01. The van der Waals surface area contributed by atoms with Gasteiger partial charge in [-0.15, -0.1) is 0 Å². The lowest BCUT2D eigenvalue weighted by atomic mass is 10.3. The number of thioether (sulfide) groups is 1. The molecule has 1 aromatic carbocycles. The molecule has 1 unspecified atom stereocenters. The molecule has 0 aromatic heterocycles. The molecule has 0 aliphatic rings. The number of hydrogen-bond donors (Lipinski definition) is 2. The third-order valence-electron chi connectivity index (χ3n) is 2.45. The lowest BCUT2D eigenvalue weighted by molar-refractivity contribution is 0.557. The molecule has 3 N–H and O–H groups in total. The Labute approximate surface area is 113 Å². The van der Waals surface area contributed by atoms with Gasteiger partial charge in [0, 0.05) is 11.7 Å². The second-order valence-corrected chi connectivity index (χ2v) is 7.18. The van der Waals surface area contributed by atoms with Crippen LogP contribution >= 0.6 is 11.8 Å². The minimum Gasteiger partial charge on any atom is -0.399 e. The molecular formula is C12H20N2O2S2. The fraction of sp³-hybridized carbons (Fsp3) is 0.500. The summed E-state index contributed by atoms with van der Waals surface area (Å²) in [4.78, 5) is 0.256. The summed E-state index contributed by atoms with van der Waals surface area (Å²) in [6.45, 7) is 3.97. The van der Waals surface area contributed by atoms with E-state index in [1.165, 1.54) is 12.1 Å². The van der Waals surface area contributed by atoms with Crippen LogP contribution in [0.2, 0.25) is 0 Å². The Morgan fingerprint density at radius 2 is 1.94 bits per heavy atom. The zero-order chi connectivity index (χ0) is 13.6. The van der Waals surface area contributed by atoms with Crippen LogP contribution in [0.3, 0.4) is 0 Å². The lowest BCUT2D eigenvalue weighted by Gasteiger charge is -2.14. The van der Waals surface area contributed by atoms with Crippen LogP contribution in [-0.2, 0) is 10.0 Å². The first-order valence-corrected chi connectivity index (χ1v) is 8.55. The van der Waals surface area contributed by atoms with E-state index in [4.69, 9.17) is 5.73 Å². The molecule has 0 aliphatic carbocycles. The SMILES string of the molecule is CCSCCC(C)NS(=O)(=O)c1ccc(N)cc1. The molecule has 0 amide bonds. The van der Waals surface area contributed by atoms with E-state index in [1.54, 1.807) is 12.1 Å². The smallest absolute Gasteiger partial charge is 0.240 e. The first kappa shape index (κ1) is 15.3. The molecule has 102 valence electrons. The number of hydrogen-bond acceptors (Lipinski definition) is 4. The number of anilines is 1.